The molecule has 0 bridgehead atoms. The molecule has 1 N–H and O–H groups in total. The number of carbonyl (C=O) groups is 1. The van der Waals surface area contributed by atoms with Crippen LogP contribution in [0.4, 0.5) is 4.39 Å². The molecule has 2 aromatic rings. The predicted molar refractivity (Wildman–Crippen MR) is 67.2 cm³/mol. The van der Waals surface area contributed by atoms with E-state index in [0.717, 1.165) is 0 Å². The van der Waals surface area contributed by atoms with Crippen molar-refractivity contribution in [2.24, 2.45) is 0 Å². The fourth-order valence-electron chi connectivity index (χ4n) is 1.56. The van der Waals surface area contributed by atoms with Crippen LogP contribution >= 0.6 is 11.6 Å². The van der Waals surface area contributed by atoms with E-state index in [2.05, 4.69) is 4.98 Å². The number of hydrogen-bond donors (Lipinski definition) is 1. The van der Waals surface area contributed by atoms with Gasteiger partial charge in [0.15, 0.2) is 0 Å². The lowest BCUT2D eigenvalue weighted by Gasteiger charge is -2.01. The maximum absolute atomic E-state index is 13.3. The minimum Gasteiger partial charge on any atom is -0.461 e. The average Bonchev–Trinajstić information content (AvgIpc) is 2.82. The second-order valence-corrected chi connectivity index (χ2v) is 4.04. The van der Waals surface area contributed by atoms with Gasteiger partial charge >= 0.3 is 5.97 Å². The molecule has 0 amide bonds. The Kier molecular flexibility index (Phi) is 3.67. The number of aromatic amines is 1. The van der Waals surface area contributed by atoms with Crippen molar-refractivity contribution >= 4 is 17.6 Å². The SMILES string of the molecule is CCOC(=O)c1ccc(-c2ccc(Cl)c(F)c2)[nH]1. The molecule has 0 aliphatic carbocycles. The molecule has 0 aliphatic rings. The Labute approximate surface area is 109 Å². The standard InChI is InChI=1S/C13H11ClFNO2/c1-2-18-13(17)12-6-5-11(16-12)8-3-4-9(14)10(15)7-8/h3-7,16H,2H2,1H3. The molecule has 0 unspecified atom stereocenters. The van der Waals surface area contributed by atoms with Gasteiger partial charge in [-0.1, -0.05) is 17.7 Å². The maximum Gasteiger partial charge on any atom is 0.354 e. The Hall–Kier alpha value is -1.81. The van der Waals surface area contributed by atoms with Crippen molar-refractivity contribution in [1.29, 1.82) is 0 Å². The number of hydrogen-bond acceptors (Lipinski definition) is 2. The van der Waals surface area contributed by atoms with E-state index in [9.17, 15) is 9.18 Å². The van der Waals surface area contributed by atoms with Crippen molar-refractivity contribution in [3.8, 4) is 11.3 Å². The number of halogens is 2. The molecule has 1 aromatic heterocycles. The van der Waals surface area contributed by atoms with Crippen molar-refractivity contribution in [3.63, 3.8) is 0 Å². The smallest absolute Gasteiger partial charge is 0.354 e. The van der Waals surface area contributed by atoms with Crippen LogP contribution in [0, 0.1) is 5.82 Å². The molecule has 3 nitrogen and oxygen atoms in total. The molecule has 2 rings (SSSR count). The number of nitrogens with one attached hydrogen (secondary N) is 1. The molecular formula is C13H11ClFNO2. The number of aromatic nitrogens is 1. The molecule has 0 radical (unpaired) electrons. The van der Waals surface area contributed by atoms with Crippen LogP contribution in [0.25, 0.3) is 11.3 Å². The fourth-order valence-corrected chi connectivity index (χ4v) is 1.67. The van der Waals surface area contributed by atoms with E-state index < -0.39 is 11.8 Å². The van der Waals surface area contributed by atoms with Crippen LogP contribution in [0.2, 0.25) is 5.02 Å². The van der Waals surface area contributed by atoms with Crippen LogP contribution in [0.1, 0.15) is 17.4 Å². The van der Waals surface area contributed by atoms with Crippen LogP contribution in [0.3, 0.4) is 0 Å². The topological polar surface area (TPSA) is 42.1 Å². The summed E-state index contributed by atoms with van der Waals surface area (Å²) < 4.78 is 18.2. The lowest BCUT2D eigenvalue weighted by molar-refractivity contribution is 0.0520. The summed E-state index contributed by atoms with van der Waals surface area (Å²) in [5.74, 6) is -0.931. The molecule has 5 heteroatoms. The van der Waals surface area contributed by atoms with E-state index in [1.165, 1.54) is 12.1 Å². The molecular weight excluding hydrogens is 257 g/mol. The van der Waals surface area contributed by atoms with E-state index >= 15 is 0 Å². The van der Waals surface area contributed by atoms with Gasteiger partial charge in [0.2, 0.25) is 0 Å². The van der Waals surface area contributed by atoms with Crippen LogP contribution in [-0.4, -0.2) is 17.6 Å². The van der Waals surface area contributed by atoms with Crippen LogP contribution in [-0.2, 0) is 4.74 Å². The van der Waals surface area contributed by atoms with E-state index in [-0.39, 0.29) is 5.02 Å². The van der Waals surface area contributed by atoms with Gasteiger partial charge in [-0.05, 0) is 31.2 Å². The first-order valence-corrected chi connectivity index (χ1v) is 5.81. The highest BCUT2D eigenvalue weighted by molar-refractivity contribution is 6.30. The lowest BCUT2D eigenvalue weighted by atomic mass is 10.1. The third-order valence-electron chi connectivity index (χ3n) is 2.41. The van der Waals surface area contributed by atoms with Gasteiger partial charge in [-0.25, -0.2) is 9.18 Å². The van der Waals surface area contributed by atoms with Gasteiger partial charge < -0.3 is 9.72 Å². The van der Waals surface area contributed by atoms with Crippen molar-refractivity contribution < 1.29 is 13.9 Å². The first kappa shape index (κ1) is 12.6. The first-order chi connectivity index (χ1) is 8.61. The highest BCUT2D eigenvalue weighted by atomic mass is 35.5. The highest BCUT2D eigenvalue weighted by Gasteiger charge is 2.10. The molecule has 0 saturated carbocycles. The summed E-state index contributed by atoms with van der Waals surface area (Å²) in [6, 6.07) is 7.74. The average molecular weight is 268 g/mol. The number of esters is 1. The summed E-state index contributed by atoms with van der Waals surface area (Å²) in [7, 11) is 0. The minimum atomic E-state index is -0.499. The third kappa shape index (κ3) is 2.54. The minimum absolute atomic E-state index is 0.0657. The largest absolute Gasteiger partial charge is 0.461 e. The van der Waals surface area contributed by atoms with Crippen LogP contribution in [0.15, 0.2) is 30.3 Å². The van der Waals surface area contributed by atoms with Gasteiger partial charge in [-0.2, -0.15) is 0 Å². The molecule has 0 atom stereocenters. The van der Waals surface area contributed by atoms with E-state index in [1.54, 1.807) is 25.1 Å². The molecule has 1 aromatic carbocycles. The number of benzene rings is 1. The normalized spacial score (nSPS) is 10.4. The summed E-state index contributed by atoms with van der Waals surface area (Å²) in [6.07, 6.45) is 0. The van der Waals surface area contributed by atoms with Crippen LogP contribution < -0.4 is 0 Å². The van der Waals surface area contributed by atoms with Gasteiger partial charge in [0.05, 0.1) is 11.6 Å². The molecule has 0 aliphatic heterocycles. The molecule has 0 spiro atoms. The summed E-state index contributed by atoms with van der Waals surface area (Å²) >= 11 is 5.61. The Morgan fingerprint density at radius 3 is 2.83 bits per heavy atom. The lowest BCUT2D eigenvalue weighted by Crippen LogP contribution is -2.04. The molecule has 0 saturated heterocycles. The van der Waals surface area contributed by atoms with E-state index in [4.69, 9.17) is 16.3 Å². The zero-order valence-electron chi connectivity index (χ0n) is 9.67. The predicted octanol–water partition coefficient (Wildman–Crippen LogP) is 3.65. The first-order valence-electron chi connectivity index (χ1n) is 5.43. The number of rotatable bonds is 3. The Morgan fingerprint density at radius 1 is 1.39 bits per heavy atom. The summed E-state index contributed by atoms with van der Waals surface area (Å²) in [6.45, 7) is 2.04. The monoisotopic (exact) mass is 267 g/mol. The van der Waals surface area contributed by atoms with E-state index in [1.807, 2.05) is 0 Å². The van der Waals surface area contributed by atoms with Crippen molar-refractivity contribution in [2.45, 2.75) is 6.92 Å². The third-order valence-corrected chi connectivity index (χ3v) is 2.72. The number of H-pyrrole nitrogens is 1. The number of ether oxygens (including phenoxy) is 1. The summed E-state index contributed by atoms with van der Waals surface area (Å²) in [4.78, 5) is 14.3. The van der Waals surface area contributed by atoms with Gasteiger partial charge in [0, 0.05) is 11.3 Å². The quantitative estimate of drug-likeness (QED) is 0.863. The molecule has 94 valence electrons. The van der Waals surface area contributed by atoms with Crippen molar-refractivity contribution in [3.05, 3.63) is 46.9 Å². The Morgan fingerprint density at radius 2 is 2.17 bits per heavy atom. The van der Waals surface area contributed by atoms with Crippen molar-refractivity contribution in [2.75, 3.05) is 6.61 Å². The van der Waals surface area contributed by atoms with Gasteiger partial charge in [0.1, 0.15) is 11.5 Å². The zero-order chi connectivity index (χ0) is 13.1. The maximum atomic E-state index is 13.3. The second kappa shape index (κ2) is 5.23. The highest BCUT2D eigenvalue weighted by Crippen LogP contribution is 2.23. The Bertz CT molecular complexity index is 580. The molecule has 18 heavy (non-hydrogen) atoms. The van der Waals surface area contributed by atoms with Gasteiger partial charge in [0.25, 0.3) is 0 Å². The summed E-state index contributed by atoms with van der Waals surface area (Å²) in [5.41, 5.74) is 1.59. The number of carbonyl (C=O) groups excluding carboxylic acids is 1. The second-order valence-electron chi connectivity index (χ2n) is 3.64. The fraction of sp³-hybridized carbons (Fsp3) is 0.154. The Balaban J connectivity index is 2.29. The molecule has 0 fully saturated rings. The van der Waals surface area contributed by atoms with Gasteiger partial charge in [-0.3, -0.25) is 0 Å². The zero-order valence-corrected chi connectivity index (χ0v) is 10.4. The van der Waals surface area contributed by atoms with Gasteiger partial charge in [-0.15, -0.1) is 0 Å². The summed E-state index contributed by atoms with van der Waals surface area (Å²) in [5, 5.41) is 0.0657. The van der Waals surface area contributed by atoms with Crippen LogP contribution in [0.5, 0.6) is 0 Å². The van der Waals surface area contributed by atoms with Crippen molar-refractivity contribution in [1.82, 2.24) is 4.98 Å². The van der Waals surface area contributed by atoms with E-state index in [0.29, 0.717) is 23.6 Å². The molecule has 1 heterocycles.